The SMILES string of the molecule is COc1nccnc1OC1CCCN(C(=O)c2ccc(Br)o2)C1. The molecule has 2 aromatic rings. The molecule has 2 aromatic heterocycles. The summed E-state index contributed by atoms with van der Waals surface area (Å²) in [7, 11) is 1.52. The number of ether oxygens (including phenoxy) is 2. The van der Waals surface area contributed by atoms with Crippen LogP contribution < -0.4 is 9.47 Å². The predicted octanol–water partition coefficient (Wildman–Crippen LogP) is 2.52. The number of methoxy groups -OCH3 is 1. The van der Waals surface area contributed by atoms with Crippen LogP contribution in [-0.4, -0.2) is 47.1 Å². The van der Waals surface area contributed by atoms with E-state index in [9.17, 15) is 4.79 Å². The molecule has 1 amide bonds. The largest absolute Gasteiger partial charge is 0.477 e. The van der Waals surface area contributed by atoms with Crippen molar-refractivity contribution in [3.8, 4) is 11.8 Å². The van der Waals surface area contributed by atoms with Crippen molar-refractivity contribution in [3.05, 3.63) is 35.0 Å². The quantitative estimate of drug-likeness (QED) is 0.809. The van der Waals surface area contributed by atoms with Gasteiger partial charge in [0.25, 0.3) is 17.7 Å². The Kier molecular flexibility index (Phi) is 4.80. The highest BCUT2D eigenvalue weighted by Gasteiger charge is 2.28. The van der Waals surface area contributed by atoms with Gasteiger partial charge in [-0.1, -0.05) is 0 Å². The summed E-state index contributed by atoms with van der Waals surface area (Å²) in [6, 6.07) is 3.36. The van der Waals surface area contributed by atoms with Crippen molar-refractivity contribution in [3.63, 3.8) is 0 Å². The van der Waals surface area contributed by atoms with Gasteiger partial charge in [0.1, 0.15) is 6.10 Å². The number of carbonyl (C=O) groups is 1. The minimum absolute atomic E-state index is 0.143. The Balaban J connectivity index is 1.67. The standard InChI is InChI=1S/C15H16BrN3O4/c1-21-13-14(18-7-6-17-13)22-10-3-2-8-19(9-10)15(20)11-4-5-12(16)23-11/h4-7,10H,2-3,8-9H2,1H3. The molecule has 1 fully saturated rings. The lowest BCUT2D eigenvalue weighted by atomic mass is 10.1. The van der Waals surface area contributed by atoms with Gasteiger partial charge in [-0.25, -0.2) is 9.97 Å². The van der Waals surface area contributed by atoms with E-state index in [0.29, 0.717) is 35.3 Å². The first-order valence-electron chi connectivity index (χ1n) is 7.23. The maximum atomic E-state index is 12.4. The van der Waals surface area contributed by atoms with Crippen molar-refractivity contribution >= 4 is 21.8 Å². The molecule has 3 rings (SSSR count). The summed E-state index contributed by atoms with van der Waals surface area (Å²) in [6.45, 7) is 1.14. The number of amides is 1. The summed E-state index contributed by atoms with van der Waals surface area (Å²) in [6.07, 6.45) is 4.62. The maximum Gasteiger partial charge on any atom is 0.289 e. The smallest absolute Gasteiger partial charge is 0.289 e. The number of hydrogen-bond donors (Lipinski definition) is 0. The van der Waals surface area contributed by atoms with Gasteiger partial charge in [-0.15, -0.1) is 0 Å². The van der Waals surface area contributed by atoms with Gasteiger partial charge >= 0.3 is 0 Å². The van der Waals surface area contributed by atoms with Gasteiger partial charge in [0.15, 0.2) is 10.4 Å². The molecular formula is C15H16BrN3O4. The van der Waals surface area contributed by atoms with Gasteiger partial charge < -0.3 is 18.8 Å². The Morgan fingerprint density at radius 1 is 1.35 bits per heavy atom. The molecule has 0 aliphatic carbocycles. The summed E-state index contributed by atoms with van der Waals surface area (Å²) in [5, 5.41) is 0. The molecule has 1 atom stereocenters. The zero-order chi connectivity index (χ0) is 16.2. The van der Waals surface area contributed by atoms with Gasteiger partial charge in [0.2, 0.25) is 0 Å². The molecule has 1 saturated heterocycles. The highest BCUT2D eigenvalue weighted by Crippen LogP contribution is 2.25. The molecule has 1 aliphatic heterocycles. The molecule has 0 saturated carbocycles. The number of carbonyl (C=O) groups excluding carboxylic acids is 1. The van der Waals surface area contributed by atoms with Crippen LogP contribution in [0.3, 0.4) is 0 Å². The maximum absolute atomic E-state index is 12.4. The number of rotatable bonds is 4. The van der Waals surface area contributed by atoms with Crippen molar-refractivity contribution in [2.45, 2.75) is 18.9 Å². The van der Waals surface area contributed by atoms with Gasteiger partial charge in [-0.2, -0.15) is 0 Å². The van der Waals surface area contributed by atoms with Crippen molar-refractivity contribution < 1.29 is 18.7 Å². The van der Waals surface area contributed by atoms with E-state index in [1.54, 1.807) is 23.2 Å². The zero-order valence-corrected chi connectivity index (χ0v) is 14.2. The van der Waals surface area contributed by atoms with Crippen molar-refractivity contribution in [1.82, 2.24) is 14.9 Å². The Morgan fingerprint density at radius 2 is 2.13 bits per heavy atom. The normalized spacial score (nSPS) is 17.8. The fourth-order valence-corrected chi connectivity index (χ4v) is 2.80. The van der Waals surface area contributed by atoms with Crippen LogP contribution in [0.2, 0.25) is 0 Å². The van der Waals surface area contributed by atoms with Gasteiger partial charge in [0, 0.05) is 18.9 Å². The summed E-state index contributed by atoms with van der Waals surface area (Å²) in [4.78, 5) is 22.4. The number of nitrogens with zero attached hydrogens (tertiary/aromatic N) is 3. The molecule has 0 bridgehead atoms. The Hall–Kier alpha value is -2.09. The lowest BCUT2D eigenvalue weighted by Gasteiger charge is -2.32. The first-order chi connectivity index (χ1) is 11.2. The average molecular weight is 382 g/mol. The fourth-order valence-electron chi connectivity index (χ4n) is 2.50. The fraction of sp³-hybridized carbons (Fsp3) is 0.400. The first-order valence-corrected chi connectivity index (χ1v) is 8.03. The van der Waals surface area contributed by atoms with Crippen LogP contribution in [0.25, 0.3) is 0 Å². The number of halogens is 1. The monoisotopic (exact) mass is 381 g/mol. The molecule has 23 heavy (non-hydrogen) atoms. The molecule has 0 aromatic carbocycles. The van der Waals surface area contributed by atoms with E-state index >= 15 is 0 Å². The van der Waals surface area contributed by atoms with Crippen LogP contribution in [0.5, 0.6) is 11.8 Å². The molecule has 0 radical (unpaired) electrons. The molecule has 0 N–H and O–H groups in total. The number of hydrogen-bond acceptors (Lipinski definition) is 6. The molecule has 3 heterocycles. The molecule has 7 nitrogen and oxygen atoms in total. The summed E-state index contributed by atoms with van der Waals surface area (Å²) < 4.78 is 16.9. The van der Waals surface area contributed by atoms with Crippen LogP contribution in [-0.2, 0) is 0 Å². The highest BCUT2D eigenvalue weighted by atomic mass is 79.9. The zero-order valence-electron chi connectivity index (χ0n) is 12.6. The van der Waals surface area contributed by atoms with E-state index in [1.807, 2.05) is 0 Å². The Morgan fingerprint density at radius 3 is 2.83 bits per heavy atom. The lowest BCUT2D eigenvalue weighted by molar-refractivity contribution is 0.0491. The second-order valence-corrected chi connectivity index (χ2v) is 5.89. The van der Waals surface area contributed by atoms with Crippen molar-refractivity contribution in [2.75, 3.05) is 20.2 Å². The number of furan rings is 1. The molecule has 1 unspecified atom stereocenters. The van der Waals surface area contributed by atoms with Crippen LogP contribution >= 0.6 is 15.9 Å². The van der Waals surface area contributed by atoms with E-state index in [0.717, 1.165) is 12.8 Å². The number of aromatic nitrogens is 2. The van der Waals surface area contributed by atoms with Crippen molar-refractivity contribution in [2.24, 2.45) is 0 Å². The molecule has 1 aliphatic rings. The highest BCUT2D eigenvalue weighted by molar-refractivity contribution is 9.10. The van der Waals surface area contributed by atoms with Crippen molar-refractivity contribution in [1.29, 1.82) is 0 Å². The lowest BCUT2D eigenvalue weighted by Crippen LogP contribution is -2.44. The Bertz CT molecular complexity index is 691. The minimum atomic E-state index is -0.156. The predicted molar refractivity (Wildman–Crippen MR) is 84.5 cm³/mol. The third-order valence-corrected chi connectivity index (χ3v) is 3.98. The van der Waals surface area contributed by atoms with Crippen LogP contribution in [0, 0.1) is 0 Å². The second-order valence-electron chi connectivity index (χ2n) is 5.11. The summed E-state index contributed by atoms with van der Waals surface area (Å²) in [5.41, 5.74) is 0. The molecule has 0 spiro atoms. The van der Waals surface area contributed by atoms with E-state index in [1.165, 1.54) is 13.3 Å². The summed E-state index contributed by atoms with van der Waals surface area (Å²) >= 11 is 3.21. The molecule has 8 heteroatoms. The third-order valence-electron chi connectivity index (χ3n) is 3.55. The molecule has 122 valence electrons. The van der Waals surface area contributed by atoms with Gasteiger partial charge in [-0.3, -0.25) is 4.79 Å². The topological polar surface area (TPSA) is 77.7 Å². The van der Waals surface area contributed by atoms with Crippen LogP contribution in [0.4, 0.5) is 0 Å². The van der Waals surface area contributed by atoms with Gasteiger partial charge in [0.05, 0.1) is 13.7 Å². The number of piperidine rings is 1. The van der Waals surface area contributed by atoms with E-state index in [2.05, 4.69) is 25.9 Å². The summed E-state index contributed by atoms with van der Waals surface area (Å²) in [5.74, 6) is 0.852. The van der Waals surface area contributed by atoms with Gasteiger partial charge in [-0.05, 0) is 40.9 Å². The average Bonchev–Trinajstić information content (AvgIpc) is 3.01. The molecular weight excluding hydrogens is 366 g/mol. The van der Waals surface area contributed by atoms with E-state index in [4.69, 9.17) is 13.9 Å². The van der Waals surface area contributed by atoms with Crippen LogP contribution in [0.1, 0.15) is 23.4 Å². The van der Waals surface area contributed by atoms with E-state index in [-0.39, 0.29) is 12.0 Å². The second kappa shape index (κ2) is 6.99. The Labute approximate surface area is 141 Å². The van der Waals surface area contributed by atoms with E-state index < -0.39 is 0 Å². The first kappa shape index (κ1) is 15.8. The van der Waals surface area contributed by atoms with Crippen LogP contribution in [0.15, 0.2) is 33.6 Å². The number of likely N-dealkylation sites (tertiary alicyclic amines) is 1. The third kappa shape index (κ3) is 3.64. The minimum Gasteiger partial charge on any atom is -0.477 e.